The number of halogens is 3. The Kier molecular flexibility index (Phi) is 5.34. The van der Waals surface area contributed by atoms with E-state index in [1.807, 2.05) is 18.7 Å². The lowest BCUT2D eigenvalue weighted by Gasteiger charge is -2.42. The molecule has 1 fully saturated rings. The van der Waals surface area contributed by atoms with E-state index in [1.54, 1.807) is 0 Å². The van der Waals surface area contributed by atoms with Crippen molar-refractivity contribution in [3.05, 3.63) is 24.3 Å². The van der Waals surface area contributed by atoms with E-state index in [-0.39, 0.29) is 4.75 Å². The number of hydrogen-bond donors (Lipinski definition) is 0. The largest absolute Gasteiger partial charge is 0.501 e. The summed E-state index contributed by atoms with van der Waals surface area (Å²) in [7, 11) is -6.28. The van der Waals surface area contributed by atoms with E-state index in [0.29, 0.717) is 24.5 Å². The van der Waals surface area contributed by atoms with E-state index < -0.39 is 31.0 Å². The molecule has 0 saturated carbocycles. The van der Waals surface area contributed by atoms with Gasteiger partial charge in [-0.05, 0) is 37.1 Å². The first-order valence-electron chi connectivity index (χ1n) is 7.62. The number of anilines is 1. The molecule has 4 nitrogen and oxygen atoms in total. The summed E-state index contributed by atoms with van der Waals surface area (Å²) in [6.45, 7) is 5.02. The highest BCUT2D eigenvalue weighted by Crippen LogP contribution is 2.34. The van der Waals surface area contributed by atoms with E-state index in [0.717, 1.165) is 25.0 Å². The summed E-state index contributed by atoms with van der Waals surface area (Å²) in [5, 5.41) is 0. The predicted molar refractivity (Wildman–Crippen MR) is 88.2 cm³/mol. The van der Waals surface area contributed by atoms with Gasteiger partial charge in [0.1, 0.15) is 0 Å². The van der Waals surface area contributed by atoms with Crippen LogP contribution in [0, 0.1) is 0 Å². The smallest absolute Gasteiger partial charge is 0.369 e. The van der Waals surface area contributed by atoms with Crippen molar-refractivity contribution in [2.75, 3.05) is 23.7 Å². The molecule has 0 aliphatic carbocycles. The molecule has 24 heavy (non-hydrogen) atoms. The molecular weight excluding hydrogens is 363 g/mol. The summed E-state index contributed by atoms with van der Waals surface area (Å²) in [6.07, 6.45) is 1.49. The summed E-state index contributed by atoms with van der Waals surface area (Å²) in [5.41, 5.74) is -4.67. The van der Waals surface area contributed by atoms with Crippen LogP contribution in [0.3, 0.4) is 0 Å². The molecule has 0 amide bonds. The minimum absolute atomic E-state index is 0.338. The van der Waals surface area contributed by atoms with Crippen LogP contribution in [-0.4, -0.2) is 41.7 Å². The molecule has 1 atom stereocenters. The van der Waals surface area contributed by atoms with Gasteiger partial charge in [0.15, 0.2) is 0 Å². The normalized spacial score (nSPS) is 21.7. The molecule has 0 bridgehead atoms. The zero-order valence-corrected chi connectivity index (χ0v) is 15.1. The number of sulfone groups is 1. The zero-order valence-electron chi connectivity index (χ0n) is 13.5. The van der Waals surface area contributed by atoms with Crippen molar-refractivity contribution in [2.45, 2.75) is 41.8 Å². The third-order valence-corrected chi connectivity index (χ3v) is 8.34. The highest BCUT2D eigenvalue weighted by Gasteiger charge is 2.47. The van der Waals surface area contributed by atoms with E-state index >= 15 is 0 Å². The van der Waals surface area contributed by atoms with E-state index in [1.165, 1.54) is 12.1 Å². The Bertz CT molecular complexity index is 710. The number of hydrogen-bond acceptors (Lipinski definition) is 4. The van der Waals surface area contributed by atoms with Gasteiger partial charge >= 0.3 is 5.51 Å². The summed E-state index contributed by atoms with van der Waals surface area (Å²) >= 11 is 0. The van der Waals surface area contributed by atoms with E-state index in [2.05, 4.69) is 0 Å². The quantitative estimate of drug-likeness (QED) is 0.802. The third kappa shape index (κ3) is 3.33. The maximum Gasteiger partial charge on any atom is 0.501 e. The Morgan fingerprint density at radius 1 is 1.17 bits per heavy atom. The molecule has 1 aliphatic heterocycles. The standard InChI is InChI=1S/C15H20F3NO3S2/c1-3-14(4-2)11-19(9-10-23(14)20)12-5-7-13(8-6-12)24(21,22)15(16,17)18/h5-8H,3-4,9-11H2,1-2H3. The van der Waals surface area contributed by atoms with Gasteiger partial charge in [-0.1, -0.05) is 13.8 Å². The van der Waals surface area contributed by atoms with Crippen LogP contribution in [0.15, 0.2) is 29.2 Å². The fraction of sp³-hybridized carbons (Fsp3) is 0.600. The first-order chi connectivity index (χ1) is 11.1. The van der Waals surface area contributed by atoms with Crippen molar-refractivity contribution in [1.82, 2.24) is 0 Å². The van der Waals surface area contributed by atoms with Crippen LogP contribution < -0.4 is 4.90 Å². The van der Waals surface area contributed by atoms with Gasteiger partial charge in [0.05, 0.1) is 9.64 Å². The van der Waals surface area contributed by atoms with Crippen LogP contribution in [0.4, 0.5) is 18.9 Å². The molecule has 1 aliphatic rings. The van der Waals surface area contributed by atoms with Gasteiger partial charge in [0, 0.05) is 35.3 Å². The molecule has 0 aromatic heterocycles. The summed E-state index contributed by atoms with van der Waals surface area (Å²) in [4.78, 5) is 1.19. The fourth-order valence-electron chi connectivity index (χ4n) is 2.89. The Labute approximate surface area is 142 Å². The average molecular weight is 383 g/mol. The second kappa shape index (κ2) is 6.67. The summed E-state index contributed by atoms with van der Waals surface area (Å²) in [6, 6.07) is 4.71. The van der Waals surface area contributed by atoms with Gasteiger partial charge in [0.25, 0.3) is 9.84 Å². The molecular formula is C15H20F3NO3S2. The second-order valence-electron chi connectivity index (χ2n) is 5.80. The zero-order chi connectivity index (χ0) is 18.2. The molecule has 1 aromatic carbocycles. The monoisotopic (exact) mass is 383 g/mol. The van der Waals surface area contributed by atoms with Crippen molar-refractivity contribution >= 4 is 26.3 Å². The van der Waals surface area contributed by atoms with Gasteiger partial charge in [0.2, 0.25) is 0 Å². The molecule has 0 radical (unpaired) electrons. The minimum atomic E-state index is -5.33. The molecule has 0 N–H and O–H groups in total. The number of benzene rings is 1. The highest BCUT2D eigenvalue weighted by molar-refractivity contribution is 7.92. The van der Waals surface area contributed by atoms with Crippen molar-refractivity contribution in [3.63, 3.8) is 0 Å². The average Bonchev–Trinajstić information content (AvgIpc) is 2.55. The van der Waals surface area contributed by atoms with Gasteiger partial charge in [-0.25, -0.2) is 8.42 Å². The van der Waals surface area contributed by atoms with Gasteiger partial charge < -0.3 is 4.90 Å². The maximum absolute atomic E-state index is 12.6. The van der Waals surface area contributed by atoms with Crippen LogP contribution in [0.25, 0.3) is 0 Å². The fourth-order valence-corrected chi connectivity index (χ4v) is 5.42. The van der Waals surface area contributed by atoms with Gasteiger partial charge in [-0.3, -0.25) is 4.21 Å². The Morgan fingerprint density at radius 3 is 2.17 bits per heavy atom. The second-order valence-corrected chi connectivity index (χ2v) is 9.71. The lowest BCUT2D eigenvalue weighted by Crippen LogP contribution is -2.53. The molecule has 1 heterocycles. The number of nitrogens with zero attached hydrogens (tertiary/aromatic N) is 1. The molecule has 9 heteroatoms. The minimum Gasteiger partial charge on any atom is -0.369 e. The molecule has 0 spiro atoms. The van der Waals surface area contributed by atoms with Crippen LogP contribution in [0.1, 0.15) is 26.7 Å². The predicted octanol–water partition coefficient (Wildman–Crippen LogP) is 3.11. The Morgan fingerprint density at radius 2 is 1.71 bits per heavy atom. The van der Waals surface area contributed by atoms with Crippen LogP contribution >= 0.6 is 0 Å². The first kappa shape index (κ1) is 19.2. The van der Waals surface area contributed by atoms with Crippen molar-refractivity contribution in [1.29, 1.82) is 0 Å². The van der Waals surface area contributed by atoms with Crippen molar-refractivity contribution < 1.29 is 25.8 Å². The van der Waals surface area contributed by atoms with Crippen molar-refractivity contribution in [2.24, 2.45) is 0 Å². The number of rotatable bonds is 4. The molecule has 1 saturated heterocycles. The first-order valence-corrected chi connectivity index (χ1v) is 10.4. The molecule has 1 unspecified atom stereocenters. The van der Waals surface area contributed by atoms with E-state index in [9.17, 15) is 25.8 Å². The Balaban J connectivity index is 2.28. The van der Waals surface area contributed by atoms with Crippen LogP contribution in [0.2, 0.25) is 0 Å². The lowest BCUT2D eigenvalue weighted by atomic mass is 10.0. The Hall–Kier alpha value is -1.09. The molecule has 1 aromatic rings. The SMILES string of the molecule is CCC1(CC)CN(c2ccc(S(=O)(=O)C(F)(F)F)cc2)CCS1=O. The van der Waals surface area contributed by atoms with Gasteiger partial charge in [-0.2, -0.15) is 13.2 Å². The van der Waals surface area contributed by atoms with Gasteiger partial charge in [-0.15, -0.1) is 0 Å². The topological polar surface area (TPSA) is 54.5 Å². The third-order valence-electron chi connectivity index (χ3n) is 4.61. The van der Waals surface area contributed by atoms with Crippen molar-refractivity contribution in [3.8, 4) is 0 Å². The van der Waals surface area contributed by atoms with E-state index in [4.69, 9.17) is 0 Å². The highest BCUT2D eigenvalue weighted by atomic mass is 32.2. The molecule has 2 rings (SSSR count). The summed E-state index contributed by atoms with van der Waals surface area (Å²) in [5.74, 6) is 0.490. The lowest BCUT2D eigenvalue weighted by molar-refractivity contribution is -0.0436. The number of alkyl halides is 3. The van der Waals surface area contributed by atoms with Crippen LogP contribution in [0.5, 0.6) is 0 Å². The molecule has 136 valence electrons. The summed E-state index contributed by atoms with van der Waals surface area (Å²) < 4.78 is 72.5. The van der Waals surface area contributed by atoms with Crippen LogP contribution in [-0.2, 0) is 20.6 Å². The maximum atomic E-state index is 12.6.